The number of aromatic amines is 1. The molecular formula is C61H83N13O15. The van der Waals surface area contributed by atoms with Gasteiger partial charge in [0.05, 0.1) is 30.7 Å². The van der Waals surface area contributed by atoms with Crippen LogP contribution >= 0.6 is 0 Å². The first kappa shape index (κ1) is 69.3. The van der Waals surface area contributed by atoms with Crippen molar-refractivity contribution < 1.29 is 73.5 Å². The third kappa shape index (κ3) is 20.9. The van der Waals surface area contributed by atoms with E-state index in [1.165, 1.54) is 62.5 Å². The number of carboxylic acids is 1. The number of unbranched alkanes of at least 4 members (excludes halogenated alkanes) is 1. The number of carbonyl (C=O) groups is 10. The number of H-pyrrole nitrogens is 1. The van der Waals surface area contributed by atoms with Crippen molar-refractivity contribution in [2.45, 2.75) is 170 Å². The third-order valence-corrected chi connectivity index (χ3v) is 15.4. The second kappa shape index (κ2) is 34.1. The molecule has 0 unspecified atom stereocenters. The second-order valence-corrected chi connectivity index (χ2v) is 22.5. The van der Waals surface area contributed by atoms with E-state index in [4.69, 9.17) is 5.73 Å². The van der Waals surface area contributed by atoms with Crippen molar-refractivity contribution in [1.29, 1.82) is 0 Å². The van der Waals surface area contributed by atoms with Gasteiger partial charge in [0.15, 0.2) is 0 Å². The molecule has 2 aliphatic rings. The minimum absolute atomic E-state index is 0.0423. The first-order valence-electron chi connectivity index (χ1n) is 29.8. The molecule has 89 heavy (non-hydrogen) atoms. The molecule has 9 amide bonds. The van der Waals surface area contributed by atoms with Gasteiger partial charge < -0.3 is 89.0 Å². The summed E-state index contributed by atoms with van der Waals surface area (Å²) >= 11 is 0. The minimum atomic E-state index is -1.83. The number of carbonyl (C=O) groups excluding carboxylic acids is 9. The van der Waals surface area contributed by atoms with Crippen LogP contribution in [0.5, 0.6) is 5.75 Å². The molecule has 13 atom stereocenters. The molecule has 3 heterocycles. The number of rotatable bonds is 33. The number of carboxylic acid groups (broad SMARTS) is 1. The third-order valence-electron chi connectivity index (χ3n) is 15.4. The van der Waals surface area contributed by atoms with E-state index in [0.29, 0.717) is 54.6 Å². The van der Waals surface area contributed by atoms with Gasteiger partial charge in [-0.1, -0.05) is 72.8 Å². The van der Waals surface area contributed by atoms with Gasteiger partial charge >= 0.3 is 5.97 Å². The summed E-state index contributed by atoms with van der Waals surface area (Å²) in [5.74, 6) is -9.38. The van der Waals surface area contributed by atoms with Crippen molar-refractivity contribution in [3.05, 3.63) is 120 Å². The van der Waals surface area contributed by atoms with Gasteiger partial charge in [0, 0.05) is 44.1 Å². The van der Waals surface area contributed by atoms with Gasteiger partial charge in [-0.25, -0.2) is 9.78 Å². The van der Waals surface area contributed by atoms with Crippen molar-refractivity contribution in [3.63, 3.8) is 0 Å². The molecule has 1 aromatic heterocycles. The van der Waals surface area contributed by atoms with Crippen molar-refractivity contribution >= 4 is 59.1 Å². The predicted octanol–water partition coefficient (Wildman–Crippen LogP) is -2.64. The molecule has 0 spiro atoms. The maximum Gasteiger partial charge on any atom is 0.326 e. The zero-order valence-corrected chi connectivity index (χ0v) is 49.9. The van der Waals surface area contributed by atoms with Gasteiger partial charge in [-0.2, -0.15) is 0 Å². The van der Waals surface area contributed by atoms with E-state index in [2.05, 4.69) is 57.8 Å². The van der Waals surface area contributed by atoms with Crippen LogP contribution in [0, 0.1) is 0 Å². The molecule has 6 rings (SSSR count). The Labute approximate surface area is 514 Å². The van der Waals surface area contributed by atoms with Crippen LogP contribution in [0.3, 0.4) is 0 Å². The lowest BCUT2D eigenvalue weighted by atomic mass is 10.0. The summed E-state index contributed by atoms with van der Waals surface area (Å²) in [4.78, 5) is 148. The number of benzene rings is 3. The number of aliphatic carboxylic acids is 1. The Bertz CT molecular complexity index is 3000. The highest BCUT2D eigenvalue weighted by Gasteiger charge is 2.42. The lowest BCUT2D eigenvalue weighted by molar-refractivity contribution is -0.143. The van der Waals surface area contributed by atoms with E-state index in [9.17, 15) is 68.7 Å². The number of imidazole rings is 1. The van der Waals surface area contributed by atoms with Gasteiger partial charge in [-0.15, -0.1) is 0 Å². The number of aromatic hydroxyl groups is 1. The van der Waals surface area contributed by atoms with E-state index in [-0.39, 0.29) is 63.8 Å². The quantitative estimate of drug-likeness (QED) is 0.0217. The number of aliphatic hydroxyl groups is 3. The van der Waals surface area contributed by atoms with E-state index in [0.717, 1.165) is 0 Å². The van der Waals surface area contributed by atoms with Crippen molar-refractivity contribution in [2.75, 3.05) is 19.6 Å². The summed E-state index contributed by atoms with van der Waals surface area (Å²) in [5, 5.41) is 76.0. The van der Waals surface area contributed by atoms with E-state index in [1.807, 2.05) is 0 Å². The Morgan fingerprint density at radius 3 is 1.60 bits per heavy atom. The summed E-state index contributed by atoms with van der Waals surface area (Å²) in [7, 11) is 0. The highest BCUT2D eigenvalue weighted by Crippen LogP contribution is 2.22. The number of hydrogen-bond donors (Lipinski definition) is 16. The van der Waals surface area contributed by atoms with E-state index in [1.54, 1.807) is 60.7 Å². The molecule has 2 aliphatic heterocycles. The minimum Gasteiger partial charge on any atom is -0.508 e. The van der Waals surface area contributed by atoms with Crippen LogP contribution in [-0.2, 0) is 73.6 Å². The number of aliphatic hydroxyl groups excluding tert-OH is 3. The van der Waals surface area contributed by atoms with Crippen LogP contribution in [0.2, 0.25) is 0 Å². The van der Waals surface area contributed by atoms with E-state index >= 15 is 4.79 Å². The molecule has 0 aliphatic carbocycles. The summed E-state index contributed by atoms with van der Waals surface area (Å²) in [5.41, 5.74) is 7.81. The van der Waals surface area contributed by atoms with Gasteiger partial charge in [0.25, 0.3) is 0 Å². The Balaban J connectivity index is 1.21. The molecule has 2 saturated heterocycles. The number of phenols is 1. The number of nitrogens with one attached hydrogen (secondary N) is 10. The number of amides is 9. The molecule has 2 fully saturated rings. The topological polar surface area (TPSA) is 438 Å². The van der Waals surface area contributed by atoms with Crippen LogP contribution in [0.25, 0.3) is 0 Å². The summed E-state index contributed by atoms with van der Waals surface area (Å²) in [6.07, 6.45) is -0.327. The van der Waals surface area contributed by atoms with Gasteiger partial charge in [-0.3, -0.25) is 43.2 Å². The molecule has 4 aromatic rings. The predicted molar refractivity (Wildman–Crippen MR) is 321 cm³/mol. The fourth-order valence-electron chi connectivity index (χ4n) is 10.5. The Kier molecular flexibility index (Phi) is 26.5. The lowest BCUT2D eigenvalue weighted by Crippen LogP contribution is -2.63. The SMILES string of the molecule is C[C@@H](O)[C@H](NC(=O)[C@H](CCCCN)NC(=O)[C@@H](NC(=O)[C@@H](NC(=O)[C@@H]1CCCN1)[C@@H](C)O)[C@@H](C)O)C(=O)N[C@@H](Cc1ccc(O)cc1)C(=O)N[C@@H](Cc1ccccc1)C(=O)N1CCC[C@H]1C(=O)N[C@@H](Cc1cnc[nH]1)C(=O)N[C@@H](Cc1ccccc1)C(=O)O. The largest absolute Gasteiger partial charge is 0.508 e. The highest BCUT2D eigenvalue weighted by molar-refractivity contribution is 5.99. The first-order valence-corrected chi connectivity index (χ1v) is 29.8. The Morgan fingerprint density at radius 2 is 1.06 bits per heavy atom. The van der Waals surface area contributed by atoms with Crippen molar-refractivity contribution in [2.24, 2.45) is 5.73 Å². The zero-order valence-electron chi connectivity index (χ0n) is 49.9. The smallest absolute Gasteiger partial charge is 0.326 e. The first-order chi connectivity index (χ1) is 42.5. The van der Waals surface area contributed by atoms with Crippen LogP contribution < -0.4 is 53.6 Å². The van der Waals surface area contributed by atoms with Gasteiger partial charge in [-0.05, 0) is 108 Å². The van der Waals surface area contributed by atoms with Crippen molar-refractivity contribution in [1.82, 2.24) is 62.7 Å². The average Bonchev–Trinajstić information content (AvgIpc) is 3.17. The standard InChI is InChI=1S/C61H83N13O15/c1-34(75)49(72-53(80)43(18-10-11-25-62)66-57(84)50(35(2)76)73-59(86)51(36(3)77)71-52(79)42-19-12-26-64-42)58(85)68-44(28-39-21-23-41(78)24-22-39)54(81)69-46(29-37-14-6-4-7-15-37)60(87)74-27-13-20-48(74)56(83)67-45(31-40-32-63-33-65-40)55(82)70-47(61(88)89)30-38-16-8-5-9-17-38/h4-9,14-17,21-24,32-36,42-51,64,75-78H,10-13,18-20,25-31,62H2,1-3H3,(H,63,65)(H,66,84)(H,67,83)(H,68,85)(H,69,81)(H,70,82)(H,71,79)(H,72,80)(H,73,86)(H,88,89)/t34-,35-,36-,42+,43+,44+,45+,46+,47+,48+,49+,50+,51+/m1/s1. The number of phenolic OH excluding ortho intramolecular Hbond substituents is 1. The molecule has 28 heteroatoms. The molecular weight excluding hydrogens is 1150 g/mol. The second-order valence-electron chi connectivity index (χ2n) is 22.5. The van der Waals surface area contributed by atoms with Gasteiger partial charge in [0.1, 0.15) is 60.1 Å². The molecule has 17 N–H and O–H groups in total. The summed E-state index contributed by atoms with van der Waals surface area (Å²) in [6, 6.07) is 8.75. The number of nitrogens with zero attached hydrogens (tertiary/aromatic N) is 2. The highest BCUT2D eigenvalue weighted by atomic mass is 16.4. The van der Waals surface area contributed by atoms with Crippen LogP contribution in [0.15, 0.2) is 97.5 Å². The zero-order chi connectivity index (χ0) is 64.7. The average molecular weight is 1240 g/mol. The lowest BCUT2D eigenvalue weighted by Gasteiger charge is -2.31. The maximum absolute atomic E-state index is 15.0. The number of aromatic nitrogens is 2. The Hall–Kier alpha value is -8.83. The molecule has 482 valence electrons. The van der Waals surface area contributed by atoms with Crippen LogP contribution in [0.1, 0.15) is 88.1 Å². The number of nitrogens with two attached hydrogens (primary N) is 1. The fraction of sp³-hybridized carbons (Fsp3) is 0.492. The van der Waals surface area contributed by atoms with Crippen LogP contribution in [0.4, 0.5) is 0 Å². The fourth-order valence-corrected chi connectivity index (χ4v) is 10.5. The summed E-state index contributed by atoms with van der Waals surface area (Å²) < 4.78 is 0. The number of hydrogen-bond acceptors (Lipinski definition) is 17. The van der Waals surface area contributed by atoms with Crippen LogP contribution in [-0.4, -0.2) is 198 Å². The number of likely N-dealkylation sites (tertiary alicyclic amines) is 1. The molecule has 28 nitrogen and oxygen atoms in total. The normalized spacial score (nSPS) is 18.3. The van der Waals surface area contributed by atoms with Gasteiger partial charge in [0.2, 0.25) is 53.2 Å². The maximum atomic E-state index is 15.0. The molecule has 3 aromatic carbocycles. The summed E-state index contributed by atoms with van der Waals surface area (Å²) in [6.45, 7) is 4.42. The van der Waals surface area contributed by atoms with Crippen molar-refractivity contribution in [3.8, 4) is 5.75 Å². The van der Waals surface area contributed by atoms with E-state index < -0.39 is 138 Å². The monoisotopic (exact) mass is 1240 g/mol. The molecule has 0 saturated carbocycles. The Morgan fingerprint density at radius 1 is 0.562 bits per heavy atom. The molecule has 0 bridgehead atoms. The molecule has 0 radical (unpaired) electrons.